The van der Waals surface area contributed by atoms with Gasteiger partial charge >= 0.3 is 13.3 Å². The van der Waals surface area contributed by atoms with Gasteiger partial charge in [-0.15, -0.1) is 17.8 Å². The summed E-state index contributed by atoms with van der Waals surface area (Å²) < 4.78 is 45.3. The molecule has 0 radical (unpaired) electrons. The molecule has 4 nitrogen and oxygen atoms in total. The van der Waals surface area contributed by atoms with Gasteiger partial charge < -0.3 is 14.5 Å². The SMILES string of the molecule is C#Cc1cc(OCCCC)c2sc(C(F)(F)P(=O)(O)O)c(Br)c2c1. The smallest absolute Gasteiger partial charge is 0.400 e. The van der Waals surface area contributed by atoms with Gasteiger partial charge in [-0.2, -0.15) is 8.78 Å². The Balaban J connectivity index is 2.67. The average Bonchev–Trinajstić information content (AvgIpc) is 2.84. The van der Waals surface area contributed by atoms with Crippen molar-refractivity contribution < 1.29 is 27.9 Å². The fourth-order valence-electron chi connectivity index (χ4n) is 1.98. The molecule has 2 N–H and O–H groups in total. The number of unbranched alkanes of at least 4 members (excludes halogenated alkanes) is 1. The Morgan fingerprint density at radius 3 is 2.67 bits per heavy atom. The Morgan fingerprint density at radius 2 is 2.12 bits per heavy atom. The van der Waals surface area contributed by atoms with Gasteiger partial charge in [0.25, 0.3) is 0 Å². The van der Waals surface area contributed by atoms with Crippen LogP contribution in [-0.2, 0) is 10.2 Å². The van der Waals surface area contributed by atoms with Crippen molar-refractivity contribution in [1.82, 2.24) is 0 Å². The van der Waals surface area contributed by atoms with Gasteiger partial charge in [0.05, 0.1) is 11.3 Å². The number of halogens is 3. The van der Waals surface area contributed by atoms with Crippen LogP contribution in [0.4, 0.5) is 8.78 Å². The van der Waals surface area contributed by atoms with Gasteiger partial charge in [-0.25, -0.2) is 0 Å². The summed E-state index contributed by atoms with van der Waals surface area (Å²) in [5.74, 6) is 2.74. The zero-order valence-electron chi connectivity index (χ0n) is 12.6. The minimum atomic E-state index is -5.67. The Bertz CT molecular complexity index is 853. The number of ether oxygens (including phenoxy) is 1. The second-order valence-corrected chi connectivity index (χ2v) is 8.49. The maximum absolute atomic E-state index is 14.1. The lowest BCUT2D eigenvalue weighted by Gasteiger charge is -2.16. The van der Waals surface area contributed by atoms with Crippen LogP contribution in [0.5, 0.6) is 5.75 Å². The van der Waals surface area contributed by atoms with Gasteiger partial charge in [-0.05, 0) is 34.5 Å². The van der Waals surface area contributed by atoms with E-state index >= 15 is 0 Å². The fraction of sp³-hybridized carbons (Fsp3) is 0.333. The highest BCUT2D eigenvalue weighted by Gasteiger charge is 2.53. The van der Waals surface area contributed by atoms with Crippen molar-refractivity contribution in [1.29, 1.82) is 0 Å². The quantitative estimate of drug-likeness (QED) is 0.376. The van der Waals surface area contributed by atoms with Crippen molar-refractivity contribution in [2.24, 2.45) is 0 Å². The number of rotatable bonds is 6. The second-order valence-electron chi connectivity index (χ2n) is 5.03. The average molecular weight is 439 g/mol. The van der Waals surface area contributed by atoms with Crippen LogP contribution in [0.25, 0.3) is 10.1 Å². The third kappa shape index (κ3) is 3.51. The summed E-state index contributed by atoms with van der Waals surface area (Å²) in [5, 5.41) is 0.338. The van der Waals surface area contributed by atoms with E-state index in [2.05, 4.69) is 21.9 Å². The van der Waals surface area contributed by atoms with Crippen molar-refractivity contribution in [3.63, 3.8) is 0 Å². The molecule has 0 fully saturated rings. The van der Waals surface area contributed by atoms with Crippen molar-refractivity contribution in [2.75, 3.05) is 6.61 Å². The Kier molecular flexibility index (Phi) is 5.73. The zero-order valence-corrected chi connectivity index (χ0v) is 15.9. The molecule has 0 spiro atoms. The van der Waals surface area contributed by atoms with E-state index in [9.17, 15) is 13.3 Å². The highest BCUT2D eigenvalue weighted by atomic mass is 79.9. The van der Waals surface area contributed by atoms with Crippen LogP contribution in [0, 0.1) is 12.3 Å². The molecule has 0 amide bonds. The van der Waals surface area contributed by atoms with Crippen LogP contribution in [-0.4, -0.2) is 16.4 Å². The van der Waals surface area contributed by atoms with Crippen molar-refractivity contribution in [3.8, 4) is 18.1 Å². The third-order valence-electron chi connectivity index (χ3n) is 3.26. The van der Waals surface area contributed by atoms with Crippen LogP contribution < -0.4 is 4.74 Å². The lowest BCUT2D eigenvalue weighted by atomic mass is 10.1. The van der Waals surface area contributed by atoms with Gasteiger partial charge in [0.15, 0.2) is 0 Å². The minimum Gasteiger partial charge on any atom is -0.492 e. The number of alkyl halides is 2. The zero-order chi connectivity index (χ0) is 18.1. The molecule has 24 heavy (non-hydrogen) atoms. The standard InChI is InChI=1S/C15H14BrF2O4PS/c1-3-5-6-22-11-8-9(4-2)7-10-12(16)14(24-13(10)11)15(17,18)23(19,20)21/h2,7-8H,3,5-6H2,1H3,(H2,19,20,21). The lowest BCUT2D eigenvalue weighted by Crippen LogP contribution is -2.12. The normalized spacial score (nSPS) is 12.4. The molecule has 0 aliphatic carbocycles. The van der Waals surface area contributed by atoms with E-state index in [0.717, 1.165) is 12.8 Å². The van der Waals surface area contributed by atoms with Crippen molar-refractivity contribution >= 4 is 44.9 Å². The first kappa shape index (κ1) is 19.4. The molecule has 2 aromatic rings. The summed E-state index contributed by atoms with van der Waals surface area (Å²) in [5.41, 5.74) is -3.87. The molecular weight excluding hydrogens is 425 g/mol. The van der Waals surface area contributed by atoms with Crippen LogP contribution >= 0.6 is 34.9 Å². The van der Waals surface area contributed by atoms with Gasteiger partial charge in [0.1, 0.15) is 10.6 Å². The first-order chi connectivity index (χ1) is 11.1. The van der Waals surface area contributed by atoms with Gasteiger partial charge in [0.2, 0.25) is 0 Å². The molecule has 0 aliphatic heterocycles. The summed E-state index contributed by atoms with van der Waals surface area (Å²) in [6.45, 7) is 2.37. The topological polar surface area (TPSA) is 66.8 Å². The molecule has 0 saturated carbocycles. The number of hydrogen-bond acceptors (Lipinski definition) is 3. The fourth-order valence-corrected chi connectivity index (χ4v) is 4.96. The molecule has 0 saturated heterocycles. The number of terminal acetylenes is 1. The summed E-state index contributed by atoms with van der Waals surface area (Å²) in [6.07, 6.45) is 7.06. The first-order valence-corrected chi connectivity index (χ1v) is 10.1. The van der Waals surface area contributed by atoms with Gasteiger partial charge in [0, 0.05) is 15.4 Å². The lowest BCUT2D eigenvalue weighted by molar-refractivity contribution is 0.0595. The van der Waals surface area contributed by atoms with E-state index in [4.69, 9.17) is 20.9 Å². The molecule has 2 rings (SSSR count). The maximum atomic E-state index is 14.1. The van der Waals surface area contributed by atoms with E-state index < -0.39 is 18.1 Å². The Morgan fingerprint density at radius 1 is 1.46 bits per heavy atom. The van der Waals surface area contributed by atoms with E-state index in [0.29, 0.717) is 39.3 Å². The Hall–Kier alpha value is -0.970. The van der Waals surface area contributed by atoms with Crippen molar-refractivity contribution in [3.05, 3.63) is 27.0 Å². The molecular formula is C15H14BrF2O4PS. The van der Waals surface area contributed by atoms with Gasteiger partial charge in [-0.1, -0.05) is 19.3 Å². The van der Waals surface area contributed by atoms with Crippen LogP contribution in [0.3, 0.4) is 0 Å². The molecule has 1 aromatic carbocycles. The number of fused-ring (bicyclic) bond motifs is 1. The summed E-state index contributed by atoms with van der Waals surface area (Å²) in [4.78, 5) is 17.2. The summed E-state index contributed by atoms with van der Waals surface area (Å²) in [6, 6.07) is 3.06. The maximum Gasteiger partial charge on any atom is 0.400 e. The number of hydrogen-bond donors (Lipinski definition) is 2. The molecule has 130 valence electrons. The number of benzene rings is 1. The highest BCUT2D eigenvalue weighted by molar-refractivity contribution is 9.10. The van der Waals surface area contributed by atoms with E-state index in [1.807, 2.05) is 6.92 Å². The number of thiophene rings is 1. The molecule has 0 atom stereocenters. The predicted molar refractivity (Wildman–Crippen MR) is 93.8 cm³/mol. The predicted octanol–water partition coefficient (Wildman–Crippen LogP) is 5.05. The van der Waals surface area contributed by atoms with Gasteiger partial charge in [-0.3, -0.25) is 4.57 Å². The molecule has 9 heteroatoms. The molecule has 0 aliphatic rings. The molecule has 1 aromatic heterocycles. The molecule has 0 bridgehead atoms. The van der Waals surface area contributed by atoms with E-state index in [1.165, 1.54) is 6.07 Å². The third-order valence-corrected chi connectivity index (χ3v) is 6.74. The monoisotopic (exact) mass is 438 g/mol. The van der Waals surface area contributed by atoms with E-state index in [-0.39, 0.29) is 4.47 Å². The Labute approximate surface area is 150 Å². The van der Waals surface area contributed by atoms with Crippen LogP contribution in [0.2, 0.25) is 0 Å². The van der Waals surface area contributed by atoms with E-state index in [1.54, 1.807) is 6.07 Å². The van der Waals surface area contributed by atoms with Crippen LogP contribution in [0.15, 0.2) is 16.6 Å². The first-order valence-electron chi connectivity index (χ1n) is 6.92. The molecule has 0 unspecified atom stereocenters. The van der Waals surface area contributed by atoms with Crippen molar-refractivity contribution in [2.45, 2.75) is 25.4 Å². The second kappa shape index (κ2) is 7.11. The summed E-state index contributed by atoms with van der Waals surface area (Å²) in [7, 11) is -5.67. The largest absolute Gasteiger partial charge is 0.492 e. The highest BCUT2D eigenvalue weighted by Crippen LogP contribution is 2.63. The minimum absolute atomic E-state index is 0.0896. The van der Waals surface area contributed by atoms with Crippen LogP contribution in [0.1, 0.15) is 30.2 Å². The summed E-state index contributed by atoms with van der Waals surface area (Å²) >= 11 is 3.60. The molecule has 1 heterocycles.